The van der Waals surface area contributed by atoms with Crippen molar-refractivity contribution < 1.29 is 28.9 Å². The first-order chi connectivity index (χ1) is 12.0. The van der Waals surface area contributed by atoms with Crippen molar-refractivity contribution in [1.82, 2.24) is 4.90 Å². The number of ether oxygens (including phenoxy) is 3. The SMILES string of the molecule is COc1ccc(C=CC(=O)N(CC(=O)O)C2CCOCC2)cc1OC. The maximum Gasteiger partial charge on any atom is 0.323 e. The number of rotatable bonds is 7. The van der Waals surface area contributed by atoms with E-state index in [2.05, 4.69) is 0 Å². The van der Waals surface area contributed by atoms with Crippen molar-refractivity contribution in [2.75, 3.05) is 34.0 Å². The van der Waals surface area contributed by atoms with E-state index >= 15 is 0 Å². The Morgan fingerprint density at radius 3 is 2.52 bits per heavy atom. The second kappa shape index (κ2) is 9.08. The molecule has 7 heteroatoms. The topological polar surface area (TPSA) is 85.3 Å². The summed E-state index contributed by atoms with van der Waals surface area (Å²) in [7, 11) is 3.09. The Morgan fingerprint density at radius 1 is 1.24 bits per heavy atom. The van der Waals surface area contributed by atoms with Gasteiger partial charge in [-0.05, 0) is 36.6 Å². The highest BCUT2D eigenvalue weighted by Gasteiger charge is 2.26. The van der Waals surface area contributed by atoms with Crippen LogP contribution < -0.4 is 9.47 Å². The Labute approximate surface area is 146 Å². The molecule has 0 bridgehead atoms. The molecule has 0 saturated carbocycles. The van der Waals surface area contributed by atoms with E-state index in [1.165, 1.54) is 18.1 Å². The zero-order chi connectivity index (χ0) is 18.2. The molecule has 0 aromatic heterocycles. The summed E-state index contributed by atoms with van der Waals surface area (Å²) >= 11 is 0. The smallest absolute Gasteiger partial charge is 0.323 e. The molecule has 1 amide bonds. The monoisotopic (exact) mass is 349 g/mol. The largest absolute Gasteiger partial charge is 0.493 e. The van der Waals surface area contributed by atoms with E-state index < -0.39 is 5.97 Å². The molecule has 1 aliphatic rings. The normalized spacial score (nSPS) is 15.1. The highest BCUT2D eigenvalue weighted by molar-refractivity contribution is 5.93. The predicted octanol–water partition coefficient (Wildman–Crippen LogP) is 1.81. The lowest BCUT2D eigenvalue weighted by molar-refractivity contribution is -0.145. The number of aliphatic carboxylic acids is 1. The van der Waals surface area contributed by atoms with Gasteiger partial charge in [0.05, 0.1) is 14.2 Å². The Morgan fingerprint density at radius 2 is 1.92 bits per heavy atom. The zero-order valence-electron chi connectivity index (χ0n) is 14.4. The van der Waals surface area contributed by atoms with Gasteiger partial charge in [0.15, 0.2) is 11.5 Å². The van der Waals surface area contributed by atoms with Crippen molar-refractivity contribution in [2.45, 2.75) is 18.9 Å². The summed E-state index contributed by atoms with van der Waals surface area (Å²) in [6.07, 6.45) is 4.31. The number of carboxylic acid groups (broad SMARTS) is 1. The van der Waals surface area contributed by atoms with E-state index in [0.717, 1.165) is 5.56 Å². The first-order valence-corrected chi connectivity index (χ1v) is 8.05. The summed E-state index contributed by atoms with van der Waals surface area (Å²) < 4.78 is 15.7. The molecule has 1 fully saturated rings. The first-order valence-electron chi connectivity index (χ1n) is 8.05. The molecule has 1 saturated heterocycles. The van der Waals surface area contributed by atoms with Gasteiger partial charge in [0.25, 0.3) is 0 Å². The molecule has 1 N–H and O–H groups in total. The van der Waals surface area contributed by atoms with Gasteiger partial charge in [-0.2, -0.15) is 0 Å². The number of hydrogen-bond donors (Lipinski definition) is 1. The molecule has 1 aliphatic heterocycles. The summed E-state index contributed by atoms with van der Waals surface area (Å²) in [5.41, 5.74) is 0.758. The second-order valence-corrected chi connectivity index (χ2v) is 5.65. The fraction of sp³-hybridized carbons (Fsp3) is 0.444. The lowest BCUT2D eigenvalue weighted by Crippen LogP contribution is -2.45. The second-order valence-electron chi connectivity index (χ2n) is 5.65. The maximum absolute atomic E-state index is 12.5. The Bertz CT molecular complexity index is 636. The lowest BCUT2D eigenvalue weighted by Gasteiger charge is -2.32. The van der Waals surface area contributed by atoms with Crippen LogP contribution in [-0.4, -0.2) is 61.9 Å². The zero-order valence-corrected chi connectivity index (χ0v) is 14.4. The van der Waals surface area contributed by atoms with E-state index in [-0.39, 0.29) is 18.5 Å². The minimum Gasteiger partial charge on any atom is -0.493 e. The van der Waals surface area contributed by atoms with E-state index in [1.54, 1.807) is 31.4 Å². The molecule has 0 unspecified atom stereocenters. The van der Waals surface area contributed by atoms with Crippen LogP contribution in [0, 0.1) is 0 Å². The van der Waals surface area contributed by atoms with Crippen LogP contribution in [0.5, 0.6) is 11.5 Å². The molecule has 0 radical (unpaired) electrons. The van der Waals surface area contributed by atoms with Gasteiger partial charge in [-0.25, -0.2) is 0 Å². The van der Waals surface area contributed by atoms with E-state index in [9.17, 15) is 9.59 Å². The molecule has 136 valence electrons. The van der Waals surface area contributed by atoms with Gasteiger partial charge < -0.3 is 24.2 Å². The van der Waals surface area contributed by atoms with Gasteiger partial charge in [-0.15, -0.1) is 0 Å². The molecule has 2 rings (SSSR count). The lowest BCUT2D eigenvalue weighted by atomic mass is 10.1. The van der Waals surface area contributed by atoms with Gasteiger partial charge >= 0.3 is 5.97 Å². The molecular weight excluding hydrogens is 326 g/mol. The van der Waals surface area contributed by atoms with Crippen molar-refractivity contribution in [3.63, 3.8) is 0 Å². The Balaban J connectivity index is 2.13. The van der Waals surface area contributed by atoms with Crippen molar-refractivity contribution >= 4 is 18.0 Å². The van der Waals surface area contributed by atoms with E-state index in [1.807, 2.05) is 0 Å². The maximum atomic E-state index is 12.5. The van der Waals surface area contributed by atoms with Crippen LogP contribution in [0.15, 0.2) is 24.3 Å². The molecule has 25 heavy (non-hydrogen) atoms. The summed E-state index contributed by atoms with van der Waals surface area (Å²) in [6, 6.07) is 5.17. The fourth-order valence-corrected chi connectivity index (χ4v) is 2.75. The molecule has 0 atom stereocenters. The van der Waals surface area contributed by atoms with E-state index in [4.69, 9.17) is 19.3 Å². The van der Waals surface area contributed by atoms with Crippen molar-refractivity contribution in [1.29, 1.82) is 0 Å². The minimum atomic E-state index is -1.03. The Hall–Kier alpha value is -2.54. The molecule has 0 spiro atoms. The summed E-state index contributed by atoms with van der Waals surface area (Å²) in [5, 5.41) is 9.10. The predicted molar refractivity (Wildman–Crippen MR) is 91.8 cm³/mol. The number of carboxylic acids is 1. The third-order valence-corrected chi connectivity index (χ3v) is 4.05. The van der Waals surface area contributed by atoms with Gasteiger partial charge in [-0.1, -0.05) is 6.07 Å². The van der Waals surface area contributed by atoms with Crippen LogP contribution in [0.2, 0.25) is 0 Å². The number of amides is 1. The number of hydrogen-bond acceptors (Lipinski definition) is 5. The summed E-state index contributed by atoms with van der Waals surface area (Å²) in [4.78, 5) is 25.0. The summed E-state index contributed by atoms with van der Waals surface area (Å²) in [6.45, 7) is 0.751. The van der Waals surface area contributed by atoms with Crippen LogP contribution in [0.4, 0.5) is 0 Å². The van der Waals surface area contributed by atoms with Crippen LogP contribution in [0.1, 0.15) is 18.4 Å². The number of methoxy groups -OCH3 is 2. The number of benzene rings is 1. The molecule has 1 aromatic rings. The van der Waals surface area contributed by atoms with Gasteiger partial charge in [0, 0.05) is 25.3 Å². The third-order valence-electron chi connectivity index (χ3n) is 4.05. The van der Waals surface area contributed by atoms with Crippen molar-refractivity contribution in [2.24, 2.45) is 0 Å². The van der Waals surface area contributed by atoms with Crippen molar-refractivity contribution in [3.8, 4) is 11.5 Å². The third kappa shape index (κ3) is 5.22. The highest BCUT2D eigenvalue weighted by atomic mass is 16.5. The number of nitrogens with zero attached hydrogens (tertiary/aromatic N) is 1. The van der Waals surface area contributed by atoms with Crippen LogP contribution in [-0.2, 0) is 14.3 Å². The number of carbonyl (C=O) groups is 2. The van der Waals surface area contributed by atoms with Crippen LogP contribution in [0.3, 0.4) is 0 Å². The minimum absolute atomic E-state index is 0.118. The fourth-order valence-electron chi connectivity index (χ4n) is 2.75. The van der Waals surface area contributed by atoms with E-state index in [0.29, 0.717) is 37.6 Å². The van der Waals surface area contributed by atoms with Crippen LogP contribution >= 0.6 is 0 Å². The molecule has 0 aliphatic carbocycles. The van der Waals surface area contributed by atoms with Gasteiger partial charge in [-0.3, -0.25) is 9.59 Å². The molecule has 1 aromatic carbocycles. The average Bonchev–Trinajstić information content (AvgIpc) is 2.64. The highest BCUT2D eigenvalue weighted by Crippen LogP contribution is 2.28. The standard InChI is InChI=1S/C18H23NO6/c1-23-15-5-3-13(11-16(15)24-2)4-6-17(20)19(12-18(21)22)14-7-9-25-10-8-14/h3-6,11,14H,7-10,12H2,1-2H3,(H,21,22). The summed E-state index contributed by atoms with van der Waals surface area (Å²) in [5.74, 6) is -0.201. The van der Waals surface area contributed by atoms with Gasteiger partial charge in [0.2, 0.25) is 5.91 Å². The van der Waals surface area contributed by atoms with Crippen molar-refractivity contribution in [3.05, 3.63) is 29.8 Å². The van der Waals surface area contributed by atoms with Gasteiger partial charge in [0.1, 0.15) is 6.54 Å². The first kappa shape index (κ1) is 18.8. The quantitative estimate of drug-likeness (QED) is 0.756. The molecule has 1 heterocycles. The molecular formula is C18H23NO6. The molecule has 7 nitrogen and oxygen atoms in total. The number of carbonyl (C=O) groups excluding carboxylic acids is 1. The van der Waals surface area contributed by atoms with Crippen LogP contribution in [0.25, 0.3) is 6.08 Å². The Kier molecular flexibility index (Phi) is 6.82. The average molecular weight is 349 g/mol.